The van der Waals surface area contributed by atoms with Crippen molar-refractivity contribution >= 4 is 9.84 Å². The largest absolute Gasteiger partial charge is 0.435 e. The van der Waals surface area contributed by atoms with Crippen molar-refractivity contribution in [2.75, 3.05) is 6.26 Å². The van der Waals surface area contributed by atoms with Gasteiger partial charge >= 0.3 is 6.18 Å². The van der Waals surface area contributed by atoms with Crippen molar-refractivity contribution in [2.24, 2.45) is 0 Å². The van der Waals surface area contributed by atoms with Gasteiger partial charge < -0.3 is 0 Å². The normalized spacial score (nSPS) is 12.4. The molecule has 27 heavy (non-hydrogen) atoms. The summed E-state index contributed by atoms with van der Waals surface area (Å²) in [6.07, 6.45) is -3.63. The summed E-state index contributed by atoms with van der Waals surface area (Å²) in [4.78, 5) is 0.0472. The Bertz CT molecular complexity index is 1100. The third-order valence-electron chi connectivity index (χ3n) is 3.96. The van der Waals surface area contributed by atoms with Crippen molar-refractivity contribution in [3.63, 3.8) is 0 Å². The van der Waals surface area contributed by atoms with Gasteiger partial charge in [0.25, 0.3) is 0 Å². The standard InChI is InChI=1S/C18H14F4N2O2S/c1-11-9-13(5-8-15(11)19)24-16(10-17(23-24)18(20,21)22)12-3-6-14(7-4-12)27(2,25)26/h3-10H,1-2H3. The van der Waals surface area contributed by atoms with E-state index in [1.807, 2.05) is 0 Å². The Labute approximate surface area is 153 Å². The molecule has 3 aromatic rings. The number of hydrogen-bond donors (Lipinski definition) is 0. The molecular weight excluding hydrogens is 384 g/mol. The SMILES string of the molecule is Cc1cc(-n2nc(C(F)(F)F)cc2-c2ccc(S(C)(=O)=O)cc2)ccc1F. The minimum atomic E-state index is -4.66. The number of halogens is 4. The molecule has 0 saturated carbocycles. The highest BCUT2D eigenvalue weighted by atomic mass is 32.2. The van der Waals surface area contributed by atoms with E-state index in [-0.39, 0.29) is 21.8 Å². The number of hydrogen-bond acceptors (Lipinski definition) is 3. The van der Waals surface area contributed by atoms with Crippen LogP contribution in [0.15, 0.2) is 53.4 Å². The zero-order valence-corrected chi connectivity index (χ0v) is 15.1. The van der Waals surface area contributed by atoms with E-state index in [4.69, 9.17) is 0 Å². The van der Waals surface area contributed by atoms with Gasteiger partial charge in [-0.25, -0.2) is 17.5 Å². The molecule has 1 heterocycles. The van der Waals surface area contributed by atoms with Crippen molar-refractivity contribution in [2.45, 2.75) is 18.0 Å². The summed E-state index contributed by atoms with van der Waals surface area (Å²) in [5.41, 5.74) is -0.144. The Hall–Kier alpha value is -2.68. The fourth-order valence-corrected chi connectivity index (χ4v) is 3.19. The second-order valence-corrected chi connectivity index (χ2v) is 8.07. The highest BCUT2D eigenvalue weighted by molar-refractivity contribution is 7.90. The lowest BCUT2D eigenvalue weighted by molar-refractivity contribution is -0.141. The maximum Gasteiger partial charge on any atom is 0.435 e. The van der Waals surface area contributed by atoms with E-state index >= 15 is 0 Å². The molecule has 0 radical (unpaired) electrons. The predicted molar refractivity (Wildman–Crippen MR) is 91.8 cm³/mol. The third kappa shape index (κ3) is 3.87. The van der Waals surface area contributed by atoms with Crippen LogP contribution >= 0.6 is 0 Å². The quantitative estimate of drug-likeness (QED) is 0.614. The molecule has 1 aromatic heterocycles. The van der Waals surface area contributed by atoms with Crippen LogP contribution in [0.25, 0.3) is 16.9 Å². The minimum absolute atomic E-state index is 0.0472. The van der Waals surface area contributed by atoms with Gasteiger partial charge in [-0.1, -0.05) is 12.1 Å². The van der Waals surface area contributed by atoms with E-state index in [2.05, 4.69) is 5.10 Å². The van der Waals surface area contributed by atoms with Crippen LogP contribution in [-0.4, -0.2) is 24.5 Å². The van der Waals surface area contributed by atoms with Crippen molar-refractivity contribution in [1.82, 2.24) is 9.78 Å². The number of benzene rings is 2. The minimum Gasteiger partial charge on any atom is -0.232 e. The van der Waals surface area contributed by atoms with Crippen LogP contribution in [0.4, 0.5) is 17.6 Å². The smallest absolute Gasteiger partial charge is 0.232 e. The molecule has 9 heteroatoms. The van der Waals surface area contributed by atoms with E-state index in [1.54, 1.807) is 0 Å². The first-order valence-electron chi connectivity index (χ1n) is 7.71. The molecule has 2 aromatic carbocycles. The van der Waals surface area contributed by atoms with Gasteiger partial charge in [0.1, 0.15) is 5.82 Å². The molecule has 0 unspecified atom stereocenters. The fraction of sp³-hybridized carbons (Fsp3) is 0.167. The molecule has 4 nitrogen and oxygen atoms in total. The maximum absolute atomic E-state index is 13.5. The third-order valence-corrected chi connectivity index (χ3v) is 5.09. The van der Waals surface area contributed by atoms with E-state index in [0.717, 1.165) is 23.1 Å². The van der Waals surface area contributed by atoms with Gasteiger partial charge in [-0.2, -0.15) is 18.3 Å². The Morgan fingerprint density at radius 3 is 2.15 bits per heavy atom. The second kappa shape index (κ2) is 6.49. The first kappa shape index (κ1) is 19.1. The molecule has 142 valence electrons. The highest BCUT2D eigenvalue weighted by Gasteiger charge is 2.35. The lowest BCUT2D eigenvalue weighted by Crippen LogP contribution is -2.07. The lowest BCUT2D eigenvalue weighted by Gasteiger charge is -2.09. The molecule has 0 N–H and O–H groups in total. The molecule has 0 atom stereocenters. The van der Waals surface area contributed by atoms with Crippen LogP contribution in [0.3, 0.4) is 0 Å². The molecule has 3 rings (SSSR count). The second-order valence-electron chi connectivity index (χ2n) is 6.05. The Morgan fingerprint density at radius 2 is 1.63 bits per heavy atom. The Kier molecular flexibility index (Phi) is 4.59. The first-order valence-corrected chi connectivity index (χ1v) is 9.60. The topological polar surface area (TPSA) is 52.0 Å². The average molecular weight is 398 g/mol. The summed E-state index contributed by atoms with van der Waals surface area (Å²) in [6, 6.07) is 10.2. The first-order chi connectivity index (χ1) is 12.5. The number of sulfone groups is 1. The molecule has 0 bridgehead atoms. The monoisotopic (exact) mass is 398 g/mol. The summed E-state index contributed by atoms with van der Waals surface area (Å²) in [5.74, 6) is -0.485. The van der Waals surface area contributed by atoms with Gasteiger partial charge in [0.15, 0.2) is 15.5 Å². The van der Waals surface area contributed by atoms with Gasteiger partial charge in [-0.15, -0.1) is 0 Å². The van der Waals surface area contributed by atoms with E-state index < -0.39 is 27.5 Å². The summed E-state index contributed by atoms with van der Waals surface area (Å²) in [7, 11) is -3.44. The fourth-order valence-electron chi connectivity index (χ4n) is 2.56. The van der Waals surface area contributed by atoms with Gasteiger partial charge in [-0.05, 0) is 48.9 Å². The van der Waals surface area contributed by atoms with Gasteiger partial charge in [0, 0.05) is 11.8 Å². The van der Waals surface area contributed by atoms with E-state index in [0.29, 0.717) is 5.56 Å². The van der Waals surface area contributed by atoms with Crippen LogP contribution < -0.4 is 0 Å². The van der Waals surface area contributed by atoms with Gasteiger partial charge in [0.2, 0.25) is 0 Å². The molecule has 0 aliphatic heterocycles. The lowest BCUT2D eigenvalue weighted by atomic mass is 10.1. The van der Waals surface area contributed by atoms with Gasteiger partial charge in [0.05, 0.1) is 16.3 Å². The summed E-state index contributed by atoms with van der Waals surface area (Å²) < 4.78 is 77.2. The Balaban J connectivity index is 2.19. The predicted octanol–water partition coefficient (Wildman–Crippen LogP) is 4.41. The van der Waals surface area contributed by atoms with Crippen molar-refractivity contribution in [1.29, 1.82) is 0 Å². The Morgan fingerprint density at radius 1 is 1.00 bits per heavy atom. The zero-order chi connectivity index (χ0) is 20.0. The van der Waals surface area contributed by atoms with E-state index in [9.17, 15) is 26.0 Å². The van der Waals surface area contributed by atoms with E-state index in [1.165, 1.54) is 43.3 Å². The zero-order valence-electron chi connectivity index (χ0n) is 14.2. The highest BCUT2D eigenvalue weighted by Crippen LogP contribution is 2.33. The molecule has 0 aliphatic rings. The van der Waals surface area contributed by atoms with Crippen LogP contribution in [0.1, 0.15) is 11.3 Å². The molecule has 0 aliphatic carbocycles. The number of aryl methyl sites for hydroxylation is 1. The number of alkyl halides is 3. The molecule has 0 saturated heterocycles. The summed E-state index contributed by atoms with van der Waals surface area (Å²) >= 11 is 0. The maximum atomic E-state index is 13.5. The molecule has 0 amide bonds. The van der Waals surface area contributed by atoms with Crippen molar-refractivity contribution in [3.05, 3.63) is 65.6 Å². The number of nitrogens with zero attached hydrogens (tertiary/aromatic N) is 2. The van der Waals surface area contributed by atoms with Crippen molar-refractivity contribution in [3.8, 4) is 16.9 Å². The van der Waals surface area contributed by atoms with Gasteiger partial charge in [-0.3, -0.25) is 0 Å². The van der Waals surface area contributed by atoms with Crippen molar-refractivity contribution < 1.29 is 26.0 Å². The van der Waals surface area contributed by atoms with Crippen LogP contribution in [0.2, 0.25) is 0 Å². The molecule has 0 fully saturated rings. The van der Waals surface area contributed by atoms with Crippen LogP contribution in [0.5, 0.6) is 0 Å². The summed E-state index contributed by atoms with van der Waals surface area (Å²) in [6.45, 7) is 1.49. The number of rotatable bonds is 3. The average Bonchev–Trinajstić information content (AvgIpc) is 3.02. The summed E-state index contributed by atoms with van der Waals surface area (Å²) in [5, 5.41) is 3.62. The van der Waals surface area contributed by atoms with Crippen LogP contribution in [0, 0.1) is 12.7 Å². The number of aromatic nitrogens is 2. The van der Waals surface area contributed by atoms with Crippen LogP contribution in [-0.2, 0) is 16.0 Å². The molecular formula is C18H14F4N2O2S. The molecule has 0 spiro atoms.